The molecule has 0 bridgehead atoms. The largest absolute Gasteiger partial charge is 0.483 e. The van der Waals surface area contributed by atoms with E-state index < -0.39 is 0 Å². The van der Waals surface area contributed by atoms with Crippen LogP contribution >= 0.6 is 0 Å². The summed E-state index contributed by atoms with van der Waals surface area (Å²) >= 11 is 0. The van der Waals surface area contributed by atoms with Crippen LogP contribution in [-0.4, -0.2) is 54.7 Å². The lowest BCUT2D eigenvalue weighted by Gasteiger charge is -2.23. The fourth-order valence-electron chi connectivity index (χ4n) is 8.58. The van der Waals surface area contributed by atoms with Crippen LogP contribution in [0.5, 0.6) is 0 Å². The summed E-state index contributed by atoms with van der Waals surface area (Å²) in [6.45, 7) is 18.7. The molecule has 0 aliphatic carbocycles. The van der Waals surface area contributed by atoms with Crippen molar-refractivity contribution in [3.8, 4) is 0 Å². The number of carboxylic acid groups (broad SMARTS) is 1. The monoisotopic (exact) mass is 877 g/mol. The Kier molecular flexibility index (Phi) is 48.1. The van der Waals surface area contributed by atoms with Crippen LogP contribution in [0.15, 0.2) is 9.59 Å². The lowest BCUT2D eigenvalue weighted by Crippen LogP contribution is -2.37. The zero-order chi connectivity index (χ0) is 46.3. The molecular formula is C54H104N2O6. The highest BCUT2D eigenvalue weighted by atomic mass is 16.5. The van der Waals surface area contributed by atoms with Gasteiger partial charge in [0.2, 0.25) is 10.9 Å². The first kappa shape index (κ1) is 61.9. The SMILES string of the molecule is CC.CCCCCCCCC(CC)CCCCCCCN(CCCCCCCC(=O)OC(CCCCCCCC)CCCCCCCC)CCCNc1c(C)c(=O)c1=O.O=CO. The van der Waals surface area contributed by atoms with E-state index in [9.17, 15) is 14.4 Å². The van der Waals surface area contributed by atoms with Gasteiger partial charge in [0.25, 0.3) is 6.47 Å². The molecule has 0 fully saturated rings. The summed E-state index contributed by atoms with van der Waals surface area (Å²) in [4.78, 5) is 47.3. The Morgan fingerprint density at radius 2 is 0.935 bits per heavy atom. The Bertz CT molecular complexity index is 1150. The van der Waals surface area contributed by atoms with Crippen LogP contribution in [0.3, 0.4) is 0 Å². The number of hydrogen-bond acceptors (Lipinski definition) is 7. The number of hydrogen-bond donors (Lipinski definition) is 2. The first-order valence-electron chi connectivity index (χ1n) is 26.8. The second-order valence-corrected chi connectivity index (χ2v) is 18.0. The highest BCUT2D eigenvalue weighted by Crippen LogP contribution is 2.22. The van der Waals surface area contributed by atoms with Crippen LogP contribution in [-0.2, 0) is 14.3 Å². The van der Waals surface area contributed by atoms with Gasteiger partial charge in [0, 0.05) is 18.5 Å². The van der Waals surface area contributed by atoms with Crippen molar-refractivity contribution in [2.75, 3.05) is 31.5 Å². The maximum absolute atomic E-state index is 12.9. The van der Waals surface area contributed by atoms with Gasteiger partial charge in [-0.25, -0.2) is 0 Å². The molecule has 2 N–H and O–H groups in total. The average molecular weight is 877 g/mol. The topological polar surface area (TPSA) is 113 Å². The van der Waals surface area contributed by atoms with Crippen LogP contribution in [0, 0.1) is 12.8 Å². The van der Waals surface area contributed by atoms with E-state index in [0.717, 1.165) is 64.2 Å². The Balaban J connectivity index is 0. The van der Waals surface area contributed by atoms with Crippen molar-refractivity contribution in [2.24, 2.45) is 5.92 Å². The number of unbranched alkanes of at least 4 members (excludes halogenated alkanes) is 23. The first-order valence-corrected chi connectivity index (χ1v) is 26.8. The molecular weight excluding hydrogens is 773 g/mol. The molecule has 8 nitrogen and oxygen atoms in total. The minimum absolute atomic E-state index is 0.0222. The molecule has 366 valence electrons. The Hall–Kier alpha value is -2.22. The van der Waals surface area contributed by atoms with E-state index in [0.29, 0.717) is 17.7 Å². The van der Waals surface area contributed by atoms with Crippen molar-refractivity contribution in [3.63, 3.8) is 0 Å². The molecule has 0 aliphatic heterocycles. The molecule has 0 aromatic heterocycles. The smallest absolute Gasteiger partial charge is 0.306 e. The minimum Gasteiger partial charge on any atom is -0.483 e. The van der Waals surface area contributed by atoms with Gasteiger partial charge in [-0.2, -0.15) is 0 Å². The van der Waals surface area contributed by atoms with Crippen LogP contribution in [0.4, 0.5) is 5.69 Å². The number of esters is 1. The van der Waals surface area contributed by atoms with Gasteiger partial charge >= 0.3 is 5.97 Å². The summed E-state index contributed by atoms with van der Waals surface area (Å²) in [6, 6.07) is 0. The standard InChI is InChI=1S/C51H96N2O4.C2H6.CH2O2/c1-6-10-13-16-21-28-36-46(9-4)37-29-22-19-26-33-42-53(44-35-41-52-49-45(5)50(55)51(49)56)43-34-27-20-25-32-40-48(54)57-47(38-30-23-17-14-11-7-2)39-31-24-18-15-12-8-3;1-2;2-1-3/h46-47,52H,6-44H2,1-5H3;1-2H3;1H,(H,2,3). The van der Waals surface area contributed by atoms with Gasteiger partial charge in [0.15, 0.2) is 0 Å². The van der Waals surface area contributed by atoms with Gasteiger partial charge in [-0.05, 0) is 83.8 Å². The number of anilines is 1. The lowest BCUT2D eigenvalue weighted by molar-refractivity contribution is -0.150. The summed E-state index contributed by atoms with van der Waals surface area (Å²) in [5, 5.41) is 10.1. The molecule has 0 spiro atoms. The number of ether oxygens (including phenoxy) is 1. The molecule has 0 amide bonds. The average Bonchev–Trinajstić information content (AvgIpc) is 3.28. The van der Waals surface area contributed by atoms with Crippen molar-refractivity contribution in [3.05, 3.63) is 26.0 Å². The first-order chi connectivity index (χ1) is 30.3. The van der Waals surface area contributed by atoms with Crippen molar-refractivity contribution in [1.29, 1.82) is 0 Å². The molecule has 0 saturated heterocycles. The summed E-state index contributed by atoms with van der Waals surface area (Å²) in [5.41, 5.74) is 0.416. The molecule has 1 rings (SSSR count). The van der Waals surface area contributed by atoms with Gasteiger partial charge in [0.1, 0.15) is 6.10 Å². The summed E-state index contributed by atoms with van der Waals surface area (Å²) in [6.07, 6.45) is 43.9. The summed E-state index contributed by atoms with van der Waals surface area (Å²) in [7, 11) is 0. The fraction of sp³-hybridized carbons (Fsp3) is 0.889. The number of carbonyl (C=O) groups excluding carboxylic acids is 1. The molecule has 8 heteroatoms. The second kappa shape index (κ2) is 48.2. The van der Waals surface area contributed by atoms with E-state index >= 15 is 0 Å². The molecule has 1 atom stereocenters. The Morgan fingerprint density at radius 1 is 0.565 bits per heavy atom. The molecule has 0 radical (unpaired) electrons. The Morgan fingerprint density at radius 3 is 1.35 bits per heavy atom. The zero-order valence-corrected chi connectivity index (χ0v) is 42.2. The highest BCUT2D eigenvalue weighted by Gasteiger charge is 2.17. The van der Waals surface area contributed by atoms with E-state index in [2.05, 4.69) is 37.9 Å². The fourth-order valence-corrected chi connectivity index (χ4v) is 8.58. The van der Waals surface area contributed by atoms with Crippen molar-refractivity contribution < 1.29 is 19.4 Å². The zero-order valence-electron chi connectivity index (χ0n) is 42.2. The van der Waals surface area contributed by atoms with E-state index in [1.165, 1.54) is 186 Å². The number of carbonyl (C=O) groups is 2. The highest BCUT2D eigenvalue weighted by molar-refractivity contribution is 5.69. The van der Waals surface area contributed by atoms with Crippen LogP contribution in [0.25, 0.3) is 0 Å². The van der Waals surface area contributed by atoms with Gasteiger partial charge < -0.3 is 20.1 Å². The van der Waals surface area contributed by atoms with E-state index in [-0.39, 0.29) is 29.4 Å². The number of rotatable bonds is 44. The normalized spacial score (nSPS) is 11.6. The minimum atomic E-state index is -0.355. The van der Waals surface area contributed by atoms with Gasteiger partial charge in [-0.15, -0.1) is 0 Å². The quantitative estimate of drug-likeness (QED) is 0.0288. The molecule has 0 heterocycles. The maximum atomic E-state index is 12.9. The predicted molar refractivity (Wildman–Crippen MR) is 269 cm³/mol. The summed E-state index contributed by atoms with van der Waals surface area (Å²) in [5.74, 6) is 0.947. The van der Waals surface area contributed by atoms with Crippen molar-refractivity contribution in [1.82, 2.24) is 4.90 Å². The molecule has 0 saturated carbocycles. The van der Waals surface area contributed by atoms with Crippen molar-refractivity contribution in [2.45, 2.75) is 279 Å². The molecule has 62 heavy (non-hydrogen) atoms. The van der Waals surface area contributed by atoms with E-state index in [1.54, 1.807) is 6.92 Å². The third kappa shape index (κ3) is 37.2. The second-order valence-electron chi connectivity index (χ2n) is 18.0. The molecule has 1 aromatic rings. The van der Waals surface area contributed by atoms with Gasteiger partial charge in [-0.3, -0.25) is 19.2 Å². The number of nitrogens with one attached hydrogen (secondary N) is 1. The third-order valence-corrected chi connectivity index (χ3v) is 12.6. The Labute approximate surface area is 384 Å². The van der Waals surface area contributed by atoms with E-state index in [4.69, 9.17) is 14.6 Å². The number of nitrogens with zero attached hydrogens (tertiary/aromatic N) is 1. The van der Waals surface area contributed by atoms with Crippen LogP contribution in [0.1, 0.15) is 272 Å². The van der Waals surface area contributed by atoms with Crippen molar-refractivity contribution >= 4 is 18.1 Å². The molecule has 1 aromatic carbocycles. The van der Waals surface area contributed by atoms with Gasteiger partial charge in [0.05, 0.1) is 5.69 Å². The predicted octanol–water partition coefficient (Wildman–Crippen LogP) is 15.3. The van der Waals surface area contributed by atoms with Gasteiger partial charge in [-0.1, -0.05) is 208 Å². The third-order valence-electron chi connectivity index (χ3n) is 12.6. The summed E-state index contributed by atoms with van der Waals surface area (Å²) < 4.78 is 6.08. The molecule has 0 aliphatic rings. The maximum Gasteiger partial charge on any atom is 0.306 e. The van der Waals surface area contributed by atoms with Crippen LogP contribution in [0.2, 0.25) is 0 Å². The van der Waals surface area contributed by atoms with Crippen LogP contribution < -0.4 is 16.2 Å². The molecule has 1 unspecified atom stereocenters. The lowest BCUT2D eigenvalue weighted by atomic mass is 9.92. The van der Waals surface area contributed by atoms with E-state index in [1.807, 2.05) is 13.8 Å².